The third-order valence-electron chi connectivity index (χ3n) is 9.42. The summed E-state index contributed by atoms with van der Waals surface area (Å²) >= 11 is 6.24. The fourth-order valence-electron chi connectivity index (χ4n) is 7.54. The number of piperazine rings is 1. The van der Waals surface area contributed by atoms with E-state index in [2.05, 4.69) is 35.8 Å². The molecule has 32 heavy (non-hydrogen) atoms. The maximum atomic E-state index is 13.0. The quantitative estimate of drug-likeness (QED) is 0.499. The van der Waals surface area contributed by atoms with Gasteiger partial charge in [-0.2, -0.15) is 0 Å². The molecule has 1 aromatic carbocycles. The number of anilines is 1. The zero-order valence-corrected chi connectivity index (χ0v) is 20.1. The van der Waals surface area contributed by atoms with Crippen LogP contribution in [0.3, 0.4) is 0 Å². The summed E-state index contributed by atoms with van der Waals surface area (Å²) in [7, 11) is 0. The molecule has 6 rings (SSSR count). The highest BCUT2D eigenvalue weighted by Gasteiger charge is 2.65. The van der Waals surface area contributed by atoms with Gasteiger partial charge in [0.1, 0.15) is 6.10 Å². The van der Waals surface area contributed by atoms with Gasteiger partial charge in [-0.1, -0.05) is 24.6 Å². The van der Waals surface area contributed by atoms with Crippen LogP contribution in [0.4, 0.5) is 5.69 Å². The van der Waals surface area contributed by atoms with E-state index in [9.17, 15) is 4.79 Å². The molecular weight excluding hydrogens is 424 g/mol. The van der Waals surface area contributed by atoms with Gasteiger partial charge in [0.25, 0.3) is 0 Å². The number of nitrogens with zero attached hydrogens (tertiary/aromatic N) is 2. The van der Waals surface area contributed by atoms with E-state index < -0.39 is 0 Å². The summed E-state index contributed by atoms with van der Waals surface area (Å²) in [5.41, 5.74) is 2.88. The van der Waals surface area contributed by atoms with Crippen LogP contribution in [0.25, 0.3) is 0 Å². The van der Waals surface area contributed by atoms with Crippen molar-refractivity contribution in [1.29, 1.82) is 0 Å². The molecule has 0 N–H and O–H groups in total. The maximum absolute atomic E-state index is 13.0. The zero-order chi connectivity index (χ0) is 22.1. The largest absolute Gasteiger partial charge is 0.462 e. The number of carbonyl (C=O) groups is 1. The molecule has 5 aliphatic rings. The SMILES string of the molecule is Cc1ccc(Cl)cc1N1CCN(C[C@@H]2C(=O)O[C@@H]3C[C@@]4(C)CCC[C@@]5(CO5)[C@@H]4C[C@@H]23)CC1. The third-order valence-corrected chi connectivity index (χ3v) is 9.65. The molecule has 6 atom stereocenters. The first-order valence-corrected chi connectivity index (χ1v) is 12.8. The Kier molecular flexibility index (Phi) is 5.05. The van der Waals surface area contributed by atoms with Crippen molar-refractivity contribution in [3.8, 4) is 0 Å². The van der Waals surface area contributed by atoms with Crippen LogP contribution in [-0.2, 0) is 14.3 Å². The molecule has 0 bridgehead atoms. The second-order valence-corrected chi connectivity index (χ2v) is 11.8. The van der Waals surface area contributed by atoms with Crippen molar-refractivity contribution in [2.45, 2.75) is 57.7 Å². The standard InChI is InChI=1S/C26H35ClN2O3/c1-17-4-5-18(27)12-21(17)29-10-8-28(9-11-29)15-20-19-13-23-25(2,14-22(19)32-24(20)30)6-3-7-26(23)16-31-26/h4-5,12,19-20,22-23H,3,6-11,13-16H2,1-2H3/t19-,20-,22+,23+,25+,26+/m0/s1. The van der Waals surface area contributed by atoms with E-state index in [4.69, 9.17) is 21.1 Å². The van der Waals surface area contributed by atoms with Crippen molar-refractivity contribution in [2.24, 2.45) is 23.2 Å². The number of carbonyl (C=O) groups excluding carboxylic acids is 1. The Labute approximate surface area is 196 Å². The Hall–Kier alpha value is -1.30. The number of benzene rings is 1. The van der Waals surface area contributed by atoms with E-state index in [1.165, 1.54) is 30.5 Å². The first kappa shape index (κ1) is 21.2. The molecular formula is C26H35ClN2O3. The number of esters is 1. The molecule has 0 unspecified atom stereocenters. The number of ether oxygens (including phenoxy) is 2. The van der Waals surface area contributed by atoms with Crippen molar-refractivity contribution < 1.29 is 14.3 Å². The molecule has 6 heteroatoms. The predicted octanol–water partition coefficient (Wildman–Crippen LogP) is 4.30. The van der Waals surface area contributed by atoms with Gasteiger partial charge in [-0.05, 0) is 68.1 Å². The average molecular weight is 459 g/mol. The highest BCUT2D eigenvalue weighted by atomic mass is 35.5. The monoisotopic (exact) mass is 458 g/mol. The van der Waals surface area contributed by atoms with Crippen molar-refractivity contribution in [1.82, 2.24) is 4.90 Å². The summed E-state index contributed by atoms with van der Waals surface area (Å²) in [6.07, 6.45) is 5.93. The molecule has 3 heterocycles. The normalized spacial score (nSPS) is 41.3. The Morgan fingerprint density at radius 2 is 1.97 bits per heavy atom. The minimum atomic E-state index is 0.0155. The fourth-order valence-corrected chi connectivity index (χ4v) is 7.70. The van der Waals surface area contributed by atoms with Crippen LogP contribution in [0.15, 0.2) is 18.2 Å². The molecule has 5 fully saturated rings. The van der Waals surface area contributed by atoms with E-state index in [0.29, 0.717) is 11.8 Å². The van der Waals surface area contributed by atoms with E-state index in [-0.39, 0.29) is 29.0 Å². The zero-order valence-electron chi connectivity index (χ0n) is 19.3. The van der Waals surface area contributed by atoms with Gasteiger partial charge < -0.3 is 14.4 Å². The van der Waals surface area contributed by atoms with Gasteiger partial charge in [0.2, 0.25) is 0 Å². The lowest BCUT2D eigenvalue weighted by Gasteiger charge is -2.51. The minimum absolute atomic E-state index is 0.0155. The van der Waals surface area contributed by atoms with Crippen LogP contribution in [0, 0.1) is 30.1 Å². The molecule has 2 saturated carbocycles. The van der Waals surface area contributed by atoms with Gasteiger partial charge in [-0.15, -0.1) is 0 Å². The van der Waals surface area contributed by atoms with Crippen molar-refractivity contribution in [2.75, 3.05) is 44.2 Å². The lowest BCUT2D eigenvalue weighted by molar-refractivity contribution is -0.147. The van der Waals surface area contributed by atoms with Crippen molar-refractivity contribution >= 4 is 23.3 Å². The number of rotatable bonds is 3. The fraction of sp³-hybridized carbons (Fsp3) is 0.731. The first-order chi connectivity index (χ1) is 15.4. The summed E-state index contributed by atoms with van der Waals surface area (Å²) < 4.78 is 12.1. The number of hydrogen-bond donors (Lipinski definition) is 0. The van der Waals surface area contributed by atoms with Crippen molar-refractivity contribution in [3.05, 3.63) is 28.8 Å². The highest BCUT2D eigenvalue weighted by molar-refractivity contribution is 6.30. The molecule has 0 radical (unpaired) electrons. The first-order valence-electron chi connectivity index (χ1n) is 12.4. The number of halogens is 1. The third kappa shape index (κ3) is 3.47. The molecule has 3 saturated heterocycles. The lowest BCUT2D eigenvalue weighted by atomic mass is 9.53. The van der Waals surface area contributed by atoms with Gasteiger partial charge in [-0.3, -0.25) is 9.69 Å². The summed E-state index contributed by atoms with van der Waals surface area (Å²) in [6.45, 7) is 10.2. The Bertz CT molecular complexity index is 910. The van der Waals surface area contributed by atoms with Gasteiger partial charge >= 0.3 is 5.97 Å². The summed E-state index contributed by atoms with van der Waals surface area (Å²) in [6, 6.07) is 6.12. The summed E-state index contributed by atoms with van der Waals surface area (Å²) in [4.78, 5) is 17.9. The van der Waals surface area contributed by atoms with Crippen LogP contribution < -0.4 is 4.90 Å². The van der Waals surface area contributed by atoms with E-state index >= 15 is 0 Å². The molecule has 2 aliphatic carbocycles. The molecule has 5 nitrogen and oxygen atoms in total. The van der Waals surface area contributed by atoms with Crippen LogP contribution in [0.2, 0.25) is 5.02 Å². The van der Waals surface area contributed by atoms with Gasteiger partial charge in [0.05, 0.1) is 18.1 Å². The Balaban J connectivity index is 1.12. The molecule has 1 aromatic rings. The van der Waals surface area contributed by atoms with Gasteiger partial charge in [0.15, 0.2) is 0 Å². The van der Waals surface area contributed by atoms with Gasteiger partial charge in [0, 0.05) is 49.4 Å². The van der Waals surface area contributed by atoms with Gasteiger partial charge in [-0.25, -0.2) is 0 Å². The highest BCUT2D eigenvalue weighted by Crippen LogP contribution is 2.62. The van der Waals surface area contributed by atoms with E-state index in [1.54, 1.807) is 0 Å². The Morgan fingerprint density at radius 3 is 2.72 bits per heavy atom. The Morgan fingerprint density at radius 1 is 1.19 bits per heavy atom. The minimum Gasteiger partial charge on any atom is -0.462 e. The predicted molar refractivity (Wildman–Crippen MR) is 125 cm³/mol. The summed E-state index contributed by atoms with van der Waals surface area (Å²) in [5, 5.41) is 0.789. The number of fused-ring (bicyclic) bond motifs is 3. The molecule has 0 amide bonds. The molecule has 3 aliphatic heterocycles. The average Bonchev–Trinajstić information content (AvgIpc) is 3.47. The van der Waals surface area contributed by atoms with Crippen LogP contribution >= 0.6 is 11.6 Å². The van der Waals surface area contributed by atoms with Crippen LogP contribution in [0.5, 0.6) is 0 Å². The smallest absolute Gasteiger partial charge is 0.310 e. The summed E-state index contributed by atoms with van der Waals surface area (Å²) in [5.74, 6) is 1.00. The molecule has 0 aromatic heterocycles. The second-order valence-electron chi connectivity index (χ2n) is 11.3. The molecule has 1 spiro atoms. The maximum Gasteiger partial charge on any atom is 0.310 e. The molecule has 174 valence electrons. The van der Waals surface area contributed by atoms with E-state index in [1.807, 2.05) is 6.07 Å². The number of epoxide rings is 1. The number of aryl methyl sites for hydroxylation is 1. The van der Waals surface area contributed by atoms with E-state index in [0.717, 1.165) is 57.2 Å². The second kappa shape index (κ2) is 7.61. The van der Waals surface area contributed by atoms with Crippen LogP contribution in [-0.4, -0.2) is 61.9 Å². The van der Waals surface area contributed by atoms with Crippen molar-refractivity contribution in [3.63, 3.8) is 0 Å². The lowest BCUT2D eigenvalue weighted by Crippen LogP contribution is -2.52. The topological polar surface area (TPSA) is 45.3 Å². The number of hydrogen-bond acceptors (Lipinski definition) is 5. The van der Waals surface area contributed by atoms with Crippen LogP contribution in [0.1, 0.15) is 44.6 Å².